The van der Waals surface area contributed by atoms with Gasteiger partial charge in [-0.2, -0.15) is 0 Å². The Morgan fingerprint density at radius 2 is 1.56 bits per heavy atom. The van der Waals surface area contributed by atoms with Crippen molar-refractivity contribution < 1.29 is 19.1 Å². The van der Waals surface area contributed by atoms with Gasteiger partial charge in [0.2, 0.25) is 5.91 Å². The maximum atomic E-state index is 11.9. The van der Waals surface area contributed by atoms with E-state index in [1.54, 1.807) is 36.4 Å². The molecule has 25 heavy (non-hydrogen) atoms. The van der Waals surface area contributed by atoms with Gasteiger partial charge in [0.1, 0.15) is 0 Å². The van der Waals surface area contributed by atoms with E-state index < -0.39 is 6.03 Å². The number of anilines is 2. The van der Waals surface area contributed by atoms with E-state index >= 15 is 0 Å². The van der Waals surface area contributed by atoms with E-state index in [0.717, 1.165) is 0 Å². The van der Waals surface area contributed by atoms with Gasteiger partial charge in [-0.25, -0.2) is 4.79 Å². The highest BCUT2D eigenvalue weighted by Gasteiger charge is 2.06. The summed E-state index contributed by atoms with van der Waals surface area (Å²) in [5, 5.41) is 7.92. The van der Waals surface area contributed by atoms with Crippen LogP contribution in [0.2, 0.25) is 0 Å². The van der Waals surface area contributed by atoms with Crippen molar-refractivity contribution in [2.75, 3.05) is 24.0 Å². The fourth-order valence-electron chi connectivity index (χ4n) is 2.08. The zero-order valence-corrected chi connectivity index (χ0v) is 14.2. The van der Waals surface area contributed by atoms with Crippen molar-refractivity contribution in [2.24, 2.45) is 0 Å². The Morgan fingerprint density at radius 1 is 0.920 bits per heavy atom. The zero-order chi connectivity index (χ0) is 18.1. The zero-order valence-electron chi connectivity index (χ0n) is 14.2. The molecular weight excluding hydrogens is 322 g/mol. The highest BCUT2D eigenvalue weighted by molar-refractivity contribution is 5.92. The number of benzene rings is 2. The molecule has 0 aliphatic rings. The highest BCUT2D eigenvalue weighted by Crippen LogP contribution is 2.25. The van der Waals surface area contributed by atoms with E-state index in [2.05, 4.69) is 16.0 Å². The SMILES string of the molecule is CCOc1ccccc1OCNC(=O)Nc1cccc(NC(C)=O)c1. The Hall–Kier alpha value is -3.22. The molecule has 0 saturated carbocycles. The van der Waals surface area contributed by atoms with Gasteiger partial charge in [0.05, 0.1) is 6.61 Å². The summed E-state index contributed by atoms with van der Waals surface area (Å²) in [6, 6.07) is 13.7. The third-order valence-corrected chi connectivity index (χ3v) is 3.05. The Morgan fingerprint density at radius 3 is 2.20 bits per heavy atom. The van der Waals surface area contributed by atoms with E-state index in [4.69, 9.17) is 9.47 Å². The van der Waals surface area contributed by atoms with E-state index in [9.17, 15) is 9.59 Å². The molecule has 2 aromatic rings. The molecule has 0 atom stereocenters. The largest absolute Gasteiger partial charge is 0.490 e. The number of hydrogen-bond donors (Lipinski definition) is 3. The van der Waals surface area contributed by atoms with Crippen LogP contribution in [0, 0.1) is 0 Å². The van der Waals surface area contributed by atoms with Crippen LogP contribution in [0.4, 0.5) is 16.2 Å². The van der Waals surface area contributed by atoms with Gasteiger partial charge in [0.25, 0.3) is 0 Å². The number of carbonyl (C=O) groups is 2. The van der Waals surface area contributed by atoms with E-state index in [1.807, 2.05) is 19.1 Å². The lowest BCUT2D eigenvalue weighted by atomic mass is 10.3. The molecule has 0 fully saturated rings. The summed E-state index contributed by atoms with van der Waals surface area (Å²) < 4.78 is 11.0. The number of amides is 3. The van der Waals surface area contributed by atoms with Crippen molar-refractivity contribution in [3.05, 3.63) is 48.5 Å². The lowest BCUT2D eigenvalue weighted by Gasteiger charge is -2.13. The topological polar surface area (TPSA) is 88.7 Å². The average molecular weight is 343 g/mol. The van der Waals surface area contributed by atoms with Gasteiger partial charge in [-0.05, 0) is 37.3 Å². The molecule has 3 amide bonds. The molecule has 0 spiro atoms. The molecule has 3 N–H and O–H groups in total. The first-order valence-electron chi connectivity index (χ1n) is 7.85. The molecule has 0 aromatic heterocycles. The summed E-state index contributed by atoms with van der Waals surface area (Å²) >= 11 is 0. The Balaban J connectivity index is 1.84. The molecule has 2 rings (SSSR count). The monoisotopic (exact) mass is 343 g/mol. The first-order valence-corrected chi connectivity index (χ1v) is 7.85. The molecule has 132 valence electrons. The second kappa shape index (κ2) is 9.17. The van der Waals surface area contributed by atoms with Crippen LogP contribution in [0.3, 0.4) is 0 Å². The average Bonchev–Trinajstić information content (AvgIpc) is 2.56. The molecule has 0 aliphatic carbocycles. The number of carbonyl (C=O) groups excluding carboxylic acids is 2. The van der Waals surface area contributed by atoms with E-state index in [1.165, 1.54) is 6.92 Å². The lowest BCUT2D eigenvalue weighted by molar-refractivity contribution is -0.114. The molecule has 2 aromatic carbocycles. The van der Waals surface area contributed by atoms with Gasteiger partial charge in [0.15, 0.2) is 18.2 Å². The minimum atomic E-state index is -0.422. The first kappa shape index (κ1) is 18.1. The number of rotatable bonds is 7. The summed E-state index contributed by atoms with van der Waals surface area (Å²) in [7, 11) is 0. The molecule has 0 bridgehead atoms. The minimum Gasteiger partial charge on any atom is -0.490 e. The van der Waals surface area contributed by atoms with E-state index in [-0.39, 0.29) is 12.6 Å². The third kappa shape index (κ3) is 6.06. The summed E-state index contributed by atoms with van der Waals surface area (Å²) in [6.45, 7) is 3.82. The predicted molar refractivity (Wildman–Crippen MR) is 96.0 cm³/mol. The van der Waals surface area contributed by atoms with Gasteiger partial charge >= 0.3 is 6.03 Å². The number of ether oxygens (including phenoxy) is 2. The van der Waals surface area contributed by atoms with Gasteiger partial charge in [0, 0.05) is 18.3 Å². The number of nitrogens with one attached hydrogen (secondary N) is 3. The lowest BCUT2D eigenvalue weighted by Crippen LogP contribution is -2.32. The third-order valence-electron chi connectivity index (χ3n) is 3.05. The second-order valence-corrected chi connectivity index (χ2v) is 5.06. The number of hydrogen-bond acceptors (Lipinski definition) is 4. The van der Waals surface area contributed by atoms with Crippen molar-refractivity contribution in [1.82, 2.24) is 5.32 Å². The maximum absolute atomic E-state index is 11.9. The van der Waals surface area contributed by atoms with Crippen LogP contribution in [-0.2, 0) is 4.79 Å². The molecule has 0 aliphatic heterocycles. The predicted octanol–water partition coefficient (Wildman–Crippen LogP) is 3.20. The van der Waals surface area contributed by atoms with Crippen LogP contribution >= 0.6 is 0 Å². The molecule has 0 heterocycles. The smallest absolute Gasteiger partial charge is 0.321 e. The summed E-state index contributed by atoms with van der Waals surface area (Å²) in [4.78, 5) is 23.0. The normalized spacial score (nSPS) is 9.84. The van der Waals surface area contributed by atoms with Crippen molar-refractivity contribution >= 4 is 23.3 Å². The van der Waals surface area contributed by atoms with Crippen LogP contribution in [0.1, 0.15) is 13.8 Å². The minimum absolute atomic E-state index is 0.0126. The van der Waals surface area contributed by atoms with Gasteiger partial charge in [-0.15, -0.1) is 0 Å². The molecule has 0 saturated heterocycles. The van der Waals surface area contributed by atoms with Crippen LogP contribution in [0.15, 0.2) is 48.5 Å². The van der Waals surface area contributed by atoms with Crippen molar-refractivity contribution in [3.8, 4) is 11.5 Å². The van der Waals surface area contributed by atoms with Crippen molar-refractivity contribution in [1.29, 1.82) is 0 Å². The van der Waals surface area contributed by atoms with Gasteiger partial charge in [-0.1, -0.05) is 18.2 Å². The fourth-order valence-corrected chi connectivity index (χ4v) is 2.08. The molecule has 0 radical (unpaired) electrons. The second-order valence-electron chi connectivity index (χ2n) is 5.06. The maximum Gasteiger partial charge on any atom is 0.321 e. The number of para-hydroxylation sites is 2. The quantitative estimate of drug-likeness (QED) is 0.674. The summed E-state index contributed by atoms with van der Waals surface area (Å²) in [6.07, 6.45) is 0. The summed E-state index contributed by atoms with van der Waals surface area (Å²) in [5.74, 6) is 0.996. The van der Waals surface area contributed by atoms with Crippen LogP contribution in [-0.4, -0.2) is 25.3 Å². The number of urea groups is 1. The molecule has 7 heteroatoms. The van der Waals surface area contributed by atoms with Crippen molar-refractivity contribution in [2.45, 2.75) is 13.8 Å². The Bertz CT molecular complexity index is 734. The van der Waals surface area contributed by atoms with Gasteiger partial charge in [-0.3, -0.25) is 4.79 Å². The fraction of sp³-hybridized carbons (Fsp3) is 0.222. The van der Waals surface area contributed by atoms with Crippen LogP contribution in [0.5, 0.6) is 11.5 Å². The standard InChI is InChI=1S/C18H21N3O4/c1-3-24-16-9-4-5-10-17(16)25-12-19-18(23)21-15-8-6-7-14(11-15)20-13(2)22/h4-11H,3,12H2,1-2H3,(H,20,22)(H2,19,21,23). The van der Waals surface area contributed by atoms with Crippen LogP contribution < -0.4 is 25.4 Å². The van der Waals surface area contributed by atoms with E-state index in [0.29, 0.717) is 29.5 Å². The van der Waals surface area contributed by atoms with Crippen LogP contribution in [0.25, 0.3) is 0 Å². The van der Waals surface area contributed by atoms with Crippen molar-refractivity contribution in [3.63, 3.8) is 0 Å². The Kier molecular flexibility index (Phi) is 6.65. The van der Waals surface area contributed by atoms with Gasteiger partial charge < -0.3 is 25.4 Å². The first-order chi connectivity index (χ1) is 12.1. The molecule has 0 unspecified atom stereocenters. The molecule has 7 nitrogen and oxygen atoms in total. The highest BCUT2D eigenvalue weighted by atomic mass is 16.5. The Labute approximate surface area is 146 Å². The summed E-state index contributed by atoms with van der Waals surface area (Å²) in [5.41, 5.74) is 1.16. The molecular formula is C18H21N3O4.